The molecule has 0 bridgehead atoms. The molecule has 1 aromatic rings. The Kier molecular flexibility index (Phi) is 6.91. The average molecular weight is 317 g/mol. The van der Waals surface area contributed by atoms with E-state index in [9.17, 15) is 5.11 Å². The minimum atomic E-state index is -0.533. The minimum Gasteiger partial charge on any atom is -0.389 e. The quantitative estimate of drug-likeness (QED) is 0.784. The van der Waals surface area contributed by atoms with Crippen molar-refractivity contribution in [3.8, 4) is 12.3 Å². The lowest BCUT2D eigenvalue weighted by Gasteiger charge is -2.32. The van der Waals surface area contributed by atoms with Crippen LogP contribution in [0.4, 0.5) is 5.69 Å². The van der Waals surface area contributed by atoms with Gasteiger partial charge in [-0.25, -0.2) is 0 Å². The van der Waals surface area contributed by atoms with Crippen LogP contribution in [-0.2, 0) is 9.47 Å². The van der Waals surface area contributed by atoms with Gasteiger partial charge in [-0.2, -0.15) is 0 Å². The molecule has 4 nitrogen and oxygen atoms in total. The molecule has 1 aliphatic heterocycles. The molecule has 0 saturated carbocycles. The second kappa shape index (κ2) is 8.93. The van der Waals surface area contributed by atoms with Gasteiger partial charge in [-0.15, -0.1) is 6.42 Å². The predicted octanol–water partition coefficient (Wildman–Crippen LogP) is 2.44. The van der Waals surface area contributed by atoms with Gasteiger partial charge in [0.15, 0.2) is 0 Å². The number of hydrogen-bond donors (Lipinski definition) is 1. The highest BCUT2D eigenvalue weighted by Crippen LogP contribution is 2.19. The maximum atomic E-state index is 10.3. The fourth-order valence-corrected chi connectivity index (χ4v) is 2.76. The van der Waals surface area contributed by atoms with Crippen LogP contribution in [0, 0.1) is 12.3 Å². The van der Waals surface area contributed by atoms with Crippen LogP contribution in [0.5, 0.6) is 0 Å². The van der Waals surface area contributed by atoms with E-state index >= 15 is 0 Å². The van der Waals surface area contributed by atoms with E-state index in [1.54, 1.807) is 0 Å². The van der Waals surface area contributed by atoms with E-state index in [2.05, 4.69) is 24.7 Å². The standard InChI is InChI=1S/C19H27NO3/c1-4-16-6-5-7-17(12-16)20(15(2)3)13-18(21)14-23-19-8-10-22-11-9-19/h1,5-7,12,15,18-19,21H,8-11,13-14H2,2-3H3. The Hall–Kier alpha value is -1.54. The summed E-state index contributed by atoms with van der Waals surface area (Å²) in [6.45, 7) is 6.58. The van der Waals surface area contributed by atoms with E-state index in [4.69, 9.17) is 15.9 Å². The van der Waals surface area contributed by atoms with Gasteiger partial charge < -0.3 is 19.5 Å². The van der Waals surface area contributed by atoms with Crippen molar-refractivity contribution >= 4 is 5.69 Å². The van der Waals surface area contributed by atoms with Gasteiger partial charge in [-0.3, -0.25) is 0 Å². The summed E-state index contributed by atoms with van der Waals surface area (Å²) in [6.07, 6.45) is 6.97. The minimum absolute atomic E-state index is 0.204. The molecule has 1 heterocycles. The summed E-state index contributed by atoms with van der Waals surface area (Å²) in [4.78, 5) is 2.15. The highest BCUT2D eigenvalue weighted by molar-refractivity contribution is 5.52. The molecule has 2 rings (SSSR count). The van der Waals surface area contributed by atoms with E-state index in [-0.39, 0.29) is 12.1 Å². The van der Waals surface area contributed by atoms with Crippen molar-refractivity contribution in [2.45, 2.75) is 44.9 Å². The van der Waals surface area contributed by atoms with Crippen LogP contribution in [0.3, 0.4) is 0 Å². The molecule has 1 unspecified atom stereocenters. The van der Waals surface area contributed by atoms with Gasteiger partial charge in [0.1, 0.15) is 0 Å². The van der Waals surface area contributed by atoms with Gasteiger partial charge in [0.25, 0.3) is 0 Å². The fourth-order valence-electron chi connectivity index (χ4n) is 2.76. The molecule has 1 aromatic carbocycles. The molecule has 0 aromatic heterocycles. The van der Waals surface area contributed by atoms with E-state index in [1.165, 1.54) is 0 Å². The average Bonchev–Trinajstić information content (AvgIpc) is 2.58. The van der Waals surface area contributed by atoms with E-state index in [1.807, 2.05) is 24.3 Å². The number of terminal acetylenes is 1. The molecule has 1 fully saturated rings. The molecule has 0 amide bonds. The molecule has 0 aliphatic carbocycles. The number of nitrogens with zero attached hydrogens (tertiary/aromatic N) is 1. The van der Waals surface area contributed by atoms with Crippen molar-refractivity contribution < 1.29 is 14.6 Å². The number of anilines is 1. The zero-order chi connectivity index (χ0) is 16.7. The van der Waals surface area contributed by atoms with Gasteiger partial charge in [0.05, 0.1) is 18.8 Å². The van der Waals surface area contributed by atoms with Gasteiger partial charge in [0, 0.05) is 37.1 Å². The van der Waals surface area contributed by atoms with E-state index < -0.39 is 6.10 Å². The first-order valence-corrected chi connectivity index (χ1v) is 8.31. The third-order valence-corrected chi connectivity index (χ3v) is 4.07. The first-order chi connectivity index (χ1) is 11.1. The Morgan fingerprint density at radius 1 is 1.39 bits per heavy atom. The summed E-state index contributed by atoms with van der Waals surface area (Å²) in [5, 5.41) is 10.3. The maximum absolute atomic E-state index is 10.3. The first kappa shape index (κ1) is 17.8. The summed E-state index contributed by atoms with van der Waals surface area (Å²) < 4.78 is 11.1. The number of aliphatic hydroxyl groups excluding tert-OH is 1. The molecule has 1 N–H and O–H groups in total. The van der Waals surface area contributed by atoms with Crippen LogP contribution in [0.15, 0.2) is 24.3 Å². The van der Waals surface area contributed by atoms with Crippen LogP contribution in [-0.4, -0.2) is 49.7 Å². The van der Waals surface area contributed by atoms with Crippen molar-refractivity contribution in [1.29, 1.82) is 0 Å². The number of benzene rings is 1. The maximum Gasteiger partial charge on any atom is 0.0948 e. The number of ether oxygens (including phenoxy) is 2. The summed E-state index contributed by atoms with van der Waals surface area (Å²) in [5.41, 5.74) is 1.88. The van der Waals surface area contributed by atoms with Crippen molar-refractivity contribution in [1.82, 2.24) is 0 Å². The molecule has 1 saturated heterocycles. The van der Waals surface area contributed by atoms with Gasteiger partial charge in [-0.05, 0) is 44.9 Å². The molecular weight excluding hydrogens is 290 g/mol. The summed E-state index contributed by atoms with van der Waals surface area (Å²) >= 11 is 0. The summed E-state index contributed by atoms with van der Waals surface area (Å²) in [7, 11) is 0. The molecule has 23 heavy (non-hydrogen) atoms. The Morgan fingerprint density at radius 2 is 2.13 bits per heavy atom. The van der Waals surface area contributed by atoms with Crippen LogP contribution in [0.2, 0.25) is 0 Å². The predicted molar refractivity (Wildman–Crippen MR) is 92.7 cm³/mol. The lowest BCUT2D eigenvalue weighted by atomic mass is 10.1. The third-order valence-electron chi connectivity index (χ3n) is 4.07. The first-order valence-electron chi connectivity index (χ1n) is 8.31. The van der Waals surface area contributed by atoms with Crippen molar-refractivity contribution in [3.63, 3.8) is 0 Å². The van der Waals surface area contributed by atoms with Crippen LogP contribution >= 0.6 is 0 Å². The van der Waals surface area contributed by atoms with Crippen LogP contribution in [0.1, 0.15) is 32.3 Å². The Balaban J connectivity index is 1.91. The topological polar surface area (TPSA) is 41.9 Å². The Labute approximate surface area is 139 Å². The zero-order valence-electron chi connectivity index (χ0n) is 14.1. The molecule has 4 heteroatoms. The van der Waals surface area contributed by atoms with Gasteiger partial charge in [-0.1, -0.05) is 12.0 Å². The SMILES string of the molecule is C#Cc1cccc(N(CC(O)COC2CCOCC2)C(C)C)c1. The smallest absolute Gasteiger partial charge is 0.0948 e. The highest BCUT2D eigenvalue weighted by atomic mass is 16.5. The van der Waals surface area contributed by atoms with Gasteiger partial charge >= 0.3 is 0 Å². The number of rotatable bonds is 7. The lowest BCUT2D eigenvalue weighted by molar-refractivity contribution is -0.0576. The fraction of sp³-hybridized carbons (Fsp3) is 0.579. The normalized spacial score (nSPS) is 17.0. The van der Waals surface area contributed by atoms with Crippen molar-refractivity contribution in [3.05, 3.63) is 29.8 Å². The molecular formula is C19H27NO3. The zero-order valence-corrected chi connectivity index (χ0v) is 14.1. The van der Waals surface area contributed by atoms with Crippen molar-refractivity contribution in [2.24, 2.45) is 0 Å². The Bertz CT molecular complexity index is 518. The molecule has 126 valence electrons. The van der Waals surface area contributed by atoms with Gasteiger partial charge in [0.2, 0.25) is 0 Å². The van der Waals surface area contributed by atoms with Crippen LogP contribution < -0.4 is 4.90 Å². The van der Waals surface area contributed by atoms with Crippen molar-refractivity contribution in [2.75, 3.05) is 31.3 Å². The Morgan fingerprint density at radius 3 is 2.78 bits per heavy atom. The lowest BCUT2D eigenvalue weighted by Crippen LogP contribution is -2.40. The van der Waals surface area contributed by atoms with E-state index in [0.717, 1.165) is 37.3 Å². The van der Waals surface area contributed by atoms with E-state index in [0.29, 0.717) is 13.2 Å². The second-order valence-corrected chi connectivity index (χ2v) is 6.24. The third kappa shape index (κ3) is 5.54. The largest absolute Gasteiger partial charge is 0.389 e. The molecule has 1 atom stereocenters. The summed E-state index contributed by atoms with van der Waals surface area (Å²) in [5.74, 6) is 2.66. The van der Waals surface area contributed by atoms with Crippen LogP contribution in [0.25, 0.3) is 0 Å². The molecule has 1 aliphatic rings. The molecule has 0 radical (unpaired) electrons. The second-order valence-electron chi connectivity index (χ2n) is 6.24. The highest BCUT2D eigenvalue weighted by Gasteiger charge is 2.19. The number of aliphatic hydroxyl groups is 1. The monoisotopic (exact) mass is 317 g/mol. The number of hydrogen-bond acceptors (Lipinski definition) is 4. The summed E-state index contributed by atoms with van der Waals surface area (Å²) in [6, 6.07) is 8.12. The molecule has 0 spiro atoms.